The predicted octanol–water partition coefficient (Wildman–Crippen LogP) is 13.1. The van der Waals surface area contributed by atoms with Crippen molar-refractivity contribution in [2.75, 3.05) is 4.90 Å². The van der Waals surface area contributed by atoms with Crippen molar-refractivity contribution in [1.29, 1.82) is 0 Å². The summed E-state index contributed by atoms with van der Waals surface area (Å²) in [6.07, 6.45) is 0. The van der Waals surface area contributed by atoms with Crippen LogP contribution in [0.5, 0.6) is 0 Å². The van der Waals surface area contributed by atoms with E-state index in [1.807, 2.05) is 0 Å². The molecule has 1 nitrogen and oxygen atoms in total. The molecule has 9 rings (SSSR count). The average Bonchev–Trinajstić information content (AvgIpc) is 3.38. The van der Waals surface area contributed by atoms with Gasteiger partial charge >= 0.3 is 0 Å². The lowest BCUT2D eigenvalue weighted by atomic mass is 9.79. The van der Waals surface area contributed by atoms with E-state index in [4.69, 9.17) is 0 Å². The Bertz CT molecular complexity index is 2470. The zero-order valence-corrected chi connectivity index (χ0v) is 27.2. The second-order valence-corrected chi connectivity index (χ2v) is 13.4. The van der Waals surface area contributed by atoms with Crippen LogP contribution in [0.4, 0.5) is 17.1 Å². The quantitative estimate of drug-likeness (QED) is 0.187. The summed E-state index contributed by atoms with van der Waals surface area (Å²) < 4.78 is 0. The third-order valence-electron chi connectivity index (χ3n) is 10.2. The van der Waals surface area contributed by atoms with Gasteiger partial charge < -0.3 is 4.90 Å². The molecule has 8 aromatic rings. The molecule has 0 radical (unpaired) electrons. The van der Waals surface area contributed by atoms with E-state index in [2.05, 4.69) is 195 Å². The van der Waals surface area contributed by atoms with E-state index < -0.39 is 0 Å². The molecule has 0 unspecified atom stereocenters. The SMILES string of the molecule is CC1(C)c2ccc(N(c3ccc4ccccc4c3)c3ccccc3-c3ccccc3)cc2-c2c(-c3ccccc3)cc3ccccc3c21. The molecule has 1 heteroatoms. The Morgan fingerprint density at radius 3 is 1.77 bits per heavy atom. The van der Waals surface area contributed by atoms with Crippen LogP contribution < -0.4 is 4.90 Å². The van der Waals surface area contributed by atoms with Crippen molar-refractivity contribution in [2.24, 2.45) is 0 Å². The maximum absolute atomic E-state index is 2.45. The van der Waals surface area contributed by atoms with E-state index in [0.29, 0.717) is 0 Å². The lowest BCUT2D eigenvalue weighted by Gasteiger charge is -2.29. The molecule has 228 valence electrons. The predicted molar refractivity (Wildman–Crippen MR) is 205 cm³/mol. The highest BCUT2D eigenvalue weighted by Gasteiger charge is 2.39. The van der Waals surface area contributed by atoms with Crippen LogP contribution in [0.25, 0.3) is 54.9 Å². The third-order valence-corrected chi connectivity index (χ3v) is 10.2. The normalized spacial score (nSPS) is 13.0. The fourth-order valence-electron chi connectivity index (χ4n) is 7.95. The van der Waals surface area contributed by atoms with Gasteiger partial charge in [0.25, 0.3) is 0 Å². The topological polar surface area (TPSA) is 3.24 Å². The number of nitrogens with zero attached hydrogens (tertiary/aromatic N) is 1. The molecule has 1 aliphatic carbocycles. The number of fused-ring (bicyclic) bond motifs is 6. The Labute approximate surface area is 282 Å². The monoisotopic (exact) mass is 613 g/mol. The summed E-state index contributed by atoms with van der Waals surface area (Å²) in [4.78, 5) is 2.45. The van der Waals surface area contributed by atoms with Crippen molar-refractivity contribution in [3.05, 3.63) is 187 Å². The lowest BCUT2D eigenvalue weighted by Crippen LogP contribution is -2.16. The van der Waals surface area contributed by atoms with Crippen LogP contribution in [-0.4, -0.2) is 0 Å². The number of benzene rings is 8. The van der Waals surface area contributed by atoms with Crippen molar-refractivity contribution in [1.82, 2.24) is 0 Å². The summed E-state index contributed by atoms with van der Waals surface area (Å²) in [7, 11) is 0. The van der Waals surface area contributed by atoms with Gasteiger partial charge in [-0.2, -0.15) is 0 Å². The molecule has 0 atom stereocenters. The minimum atomic E-state index is -0.163. The molecule has 0 fully saturated rings. The highest BCUT2D eigenvalue weighted by atomic mass is 15.1. The molecular formula is C47H35N. The number of rotatable bonds is 5. The maximum Gasteiger partial charge on any atom is 0.0540 e. The fraction of sp³-hybridized carbons (Fsp3) is 0.0638. The standard InChI is InChI=1S/C47H35N/c1-47(2)43-28-27-38(31-42(43)45-41(34-18-7-4-8-19-34)30-36-21-11-12-23-40(36)46(45)47)48(37-26-25-32-15-9-10-20-35(32)29-37)44-24-14-13-22-39(44)33-16-5-3-6-17-33/h3-31H,1-2H3. The molecule has 0 aromatic heterocycles. The first-order chi connectivity index (χ1) is 23.6. The van der Waals surface area contributed by atoms with Crippen LogP contribution in [0.3, 0.4) is 0 Å². The number of hydrogen-bond donors (Lipinski definition) is 0. The first-order valence-corrected chi connectivity index (χ1v) is 16.8. The molecule has 0 spiro atoms. The second-order valence-electron chi connectivity index (χ2n) is 13.4. The molecule has 0 saturated carbocycles. The van der Waals surface area contributed by atoms with E-state index in [0.717, 1.165) is 17.1 Å². The van der Waals surface area contributed by atoms with Gasteiger partial charge in [-0.05, 0) is 96.9 Å². The molecule has 0 amide bonds. The summed E-state index contributed by atoms with van der Waals surface area (Å²) in [5, 5.41) is 5.07. The van der Waals surface area contributed by atoms with Gasteiger partial charge in [0.1, 0.15) is 0 Å². The molecule has 0 saturated heterocycles. The minimum absolute atomic E-state index is 0.163. The number of anilines is 3. The summed E-state index contributed by atoms with van der Waals surface area (Å²) in [5.74, 6) is 0. The molecule has 48 heavy (non-hydrogen) atoms. The maximum atomic E-state index is 2.45. The summed E-state index contributed by atoms with van der Waals surface area (Å²) >= 11 is 0. The van der Waals surface area contributed by atoms with E-state index >= 15 is 0 Å². The highest BCUT2D eigenvalue weighted by Crippen LogP contribution is 2.56. The van der Waals surface area contributed by atoms with Gasteiger partial charge in [0.15, 0.2) is 0 Å². The van der Waals surface area contributed by atoms with Crippen LogP contribution in [0, 0.1) is 0 Å². The van der Waals surface area contributed by atoms with E-state index in [-0.39, 0.29) is 5.41 Å². The van der Waals surface area contributed by atoms with Gasteiger partial charge in [-0.3, -0.25) is 0 Å². The van der Waals surface area contributed by atoms with Crippen molar-refractivity contribution in [3.8, 4) is 33.4 Å². The lowest BCUT2D eigenvalue weighted by molar-refractivity contribution is 0.666. The molecule has 1 aliphatic rings. The van der Waals surface area contributed by atoms with E-state index in [1.54, 1.807) is 0 Å². The van der Waals surface area contributed by atoms with Crippen LogP contribution in [-0.2, 0) is 5.41 Å². The number of hydrogen-bond acceptors (Lipinski definition) is 1. The smallest absolute Gasteiger partial charge is 0.0540 e. The zero-order valence-electron chi connectivity index (χ0n) is 27.2. The Kier molecular flexibility index (Phi) is 6.55. The number of para-hydroxylation sites is 1. The van der Waals surface area contributed by atoms with Crippen molar-refractivity contribution in [3.63, 3.8) is 0 Å². The van der Waals surface area contributed by atoms with Gasteiger partial charge in [-0.25, -0.2) is 0 Å². The Morgan fingerprint density at radius 2 is 1.00 bits per heavy atom. The summed E-state index contributed by atoms with van der Waals surface area (Å²) in [6.45, 7) is 4.79. The van der Waals surface area contributed by atoms with E-state index in [1.165, 1.54) is 66.1 Å². The first-order valence-electron chi connectivity index (χ1n) is 16.8. The van der Waals surface area contributed by atoms with Gasteiger partial charge in [-0.15, -0.1) is 0 Å². The van der Waals surface area contributed by atoms with Crippen LogP contribution in [0.2, 0.25) is 0 Å². The average molecular weight is 614 g/mol. The molecular weight excluding hydrogens is 579 g/mol. The highest BCUT2D eigenvalue weighted by molar-refractivity contribution is 6.05. The largest absolute Gasteiger partial charge is 0.310 e. The van der Waals surface area contributed by atoms with Crippen LogP contribution >= 0.6 is 0 Å². The van der Waals surface area contributed by atoms with Crippen molar-refractivity contribution in [2.45, 2.75) is 19.3 Å². The van der Waals surface area contributed by atoms with Gasteiger partial charge in [-0.1, -0.05) is 153 Å². The van der Waals surface area contributed by atoms with Crippen molar-refractivity contribution < 1.29 is 0 Å². The molecule has 0 aliphatic heterocycles. The van der Waals surface area contributed by atoms with Gasteiger partial charge in [0.05, 0.1) is 5.69 Å². The molecule has 0 heterocycles. The first kappa shape index (κ1) is 28.3. The van der Waals surface area contributed by atoms with E-state index in [9.17, 15) is 0 Å². The summed E-state index contributed by atoms with van der Waals surface area (Å²) in [5.41, 5.74) is 13.6. The zero-order chi connectivity index (χ0) is 32.2. The van der Waals surface area contributed by atoms with Gasteiger partial charge in [0.2, 0.25) is 0 Å². The summed E-state index contributed by atoms with van der Waals surface area (Å²) in [6, 6.07) is 64.3. The Balaban J connectivity index is 1.33. The molecule has 0 N–H and O–H groups in total. The minimum Gasteiger partial charge on any atom is -0.310 e. The Morgan fingerprint density at radius 1 is 0.417 bits per heavy atom. The van der Waals surface area contributed by atoms with Crippen LogP contribution in [0.15, 0.2) is 176 Å². The molecule has 8 aromatic carbocycles. The van der Waals surface area contributed by atoms with Gasteiger partial charge in [0, 0.05) is 22.4 Å². The fourth-order valence-corrected chi connectivity index (χ4v) is 7.95. The van der Waals surface area contributed by atoms with Crippen LogP contribution in [0.1, 0.15) is 25.0 Å². The Hall–Kier alpha value is -5.92. The second kappa shape index (κ2) is 11.1. The third kappa shape index (κ3) is 4.47. The van der Waals surface area contributed by atoms with Crippen molar-refractivity contribution >= 4 is 38.6 Å². The molecule has 0 bridgehead atoms.